The van der Waals surface area contributed by atoms with Gasteiger partial charge >= 0.3 is 23.5 Å². The van der Waals surface area contributed by atoms with E-state index in [0.29, 0.717) is 29.4 Å². The zero-order valence-electron chi connectivity index (χ0n) is 14.4. The highest BCUT2D eigenvalue weighted by Crippen LogP contribution is 2.26. The highest BCUT2D eigenvalue weighted by molar-refractivity contribution is 6.22. The Balaban J connectivity index is 1.87. The third-order valence-electron chi connectivity index (χ3n) is 4.31. The number of hydrogen-bond acceptors (Lipinski definition) is 4. The predicted octanol–water partition coefficient (Wildman–Crippen LogP) is 2.01. The largest absolute Gasteiger partial charge is 0.512 e. The first-order valence-electron chi connectivity index (χ1n) is 8.35. The molecule has 2 heterocycles. The quantitative estimate of drug-likeness (QED) is 0.730. The SMILES string of the molecule is CCOc1ccc(N2C(=O)c3c(NC)[nH+]c4ccccc4[n+]3C2=O)cc1. The van der Waals surface area contributed by atoms with Gasteiger partial charge in [0.05, 0.1) is 13.7 Å². The first-order valence-corrected chi connectivity index (χ1v) is 8.35. The molecule has 0 saturated heterocycles. The molecule has 1 aliphatic heterocycles. The molecule has 0 saturated carbocycles. The van der Waals surface area contributed by atoms with Crippen LogP contribution >= 0.6 is 0 Å². The summed E-state index contributed by atoms with van der Waals surface area (Å²) in [4.78, 5) is 30.5. The molecule has 0 radical (unpaired) electrons. The number of nitrogens with one attached hydrogen (secondary N) is 2. The van der Waals surface area contributed by atoms with Crippen LogP contribution in [0.25, 0.3) is 11.0 Å². The Bertz CT molecular complexity index is 1030. The number of ether oxygens (including phenoxy) is 1. The molecule has 0 atom stereocenters. The van der Waals surface area contributed by atoms with Gasteiger partial charge in [0.15, 0.2) is 11.0 Å². The second-order valence-corrected chi connectivity index (χ2v) is 5.80. The van der Waals surface area contributed by atoms with Crippen LogP contribution in [0.15, 0.2) is 48.5 Å². The van der Waals surface area contributed by atoms with Gasteiger partial charge in [0.1, 0.15) is 11.4 Å². The number of H-pyrrole nitrogens is 1. The van der Waals surface area contributed by atoms with Gasteiger partial charge in [0.2, 0.25) is 0 Å². The summed E-state index contributed by atoms with van der Waals surface area (Å²) in [6, 6.07) is 13.9. The second kappa shape index (κ2) is 6.11. The molecule has 0 aliphatic carbocycles. The topological polar surface area (TPSA) is 76.7 Å². The summed E-state index contributed by atoms with van der Waals surface area (Å²) >= 11 is 0. The standard InChI is InChI=1S/C19H16N4O3/c1-3-26-13-10-8-12(9-11-13)22-18(24)16-17(20-2)21-14-6-4-5-7-15(14)23(16)19(22)25/h4-11H,3H2,1-2H3/p+2. The van der Waals surface area contributed by atoms with Gasteiger partial charge in [-0.2, -0.15) is 4.79 Å². The number of amides is 2. The van der Waals surface area contributed by atoms with Crippen molar-refractivity contribution in [1.29, 1.82) is 0 Å². The van der Waals surface area contributed by atoms with Crippen molar-refractivity contribution in [2.24, 2.45) is 0 Å². The molecule has 26 heavy (non-hydrogen) atoms. The van der Waals surface area contributed by atoms with Gasteiger partial charge in [-0.1, -0.05) is 12.1 Å². The van der Waals surface area contributed by atoms with Crippen LogP contribution in [0.1, 0.15) is 17.4 Å². The minimum Gasteiger partial charge on any atom is -0.494 e. The van der Waals surface area contributed by atoms with E-state index in [9.17, 15) is 9.59 Å². The van der Waals surface area contributed by atoms with Crippen molar-refractivity contribution in [1.82, 2.24) is 0 Å². The van der Waals surface area contributed by atoms with Gasteiger partial charge in [0.25, 0.3) is 0 Å². The zero-order valence-corrected chi connectivity index (χ0v) is 14.4. The zero-order chi connectivity index (χ0) is 18.3. The summed E-state index contributed by atoms with van der Waals surface area (Å²) < 4.78 is 6.87. The van der Waals surface area contributed by atoms with E-state index in [1.807, 2.05) is 31.2 Å². The predicted molar refractivity (Wildman–Crippen MR) is 95.5 cm³/mol. The number of benzene rings is 2. The van der Waals surface area contributed by atoms with Crippen molar-refractivity contribution in [2.45, 2.75) is 6.92 Å². The Morgan fingerprint density at radius 3 is 2.54 bits per heavy atom. The average Bonchev–Trinajstić information content (AvgIpc) is 2.93. The summed E-state index contributed by atoms with van der Waals surface area (Å²) in [5.41, 5.74) is 2.19. The molecule has 7 nitrogen and oxygen atoms in total. The van der Waals surface area contributed by atoms with Crippen molar-refractivity contribution in [3.63, 3.8) is 0 Å². The number of carbonyl (C=O) groups excluding carboxylic acids is 2. The number of hydrogen-bond donors (Lipinski definition) is 1. The number of fused-ring (bicyclic) bond motifs is 3. The van der Waals surface area contributed by atoms with Gasteiger partial charge in [-0.3, -0.25) is 5.32 Å². The van der Waals surface area contributed by atoms with Crippen molar-refractivity contribution >= 4 is 34.5 Å². The molecule has 0 fully saturated rings. The molecule has 0 unspecified atom stereocenters. The molecule has 0 bridgehead atoms. The van der Waals surface area contributed by atoms with Gasteiger partial charge < -0.3 is 4.74 Å². The van der Waals surface area contributed by atoms with Crippen LogP contribution in [-0.2, 0) is 0 Å². The van der Waals surface area contributed by atoms with E-state index in [1.165, 1.54) is 9.47 Å². The van der Waals surface area contributed by atoms with Crippen LogP contribution in [0.4, 0.5) is 16.3 Å². The lowest BCUT2D eigenvalue weighted by atomic mass is 10.2. The molecule has 2 N–H and O–H groups in total. The minimum atomic E-state index is -0.407. The Kier molecular flexibility index (Phi) is 3.76. The van der Waals surface area contributed by atoms with E-state index in [4.69, 9.17) is 4.74 Å². The fourth-order valence-corrected chi connectivity index (χ4v) is 3.16. The molecule has 1 aliphatic rings. The summed E-state index contributed by atoms with van der Waals surface area (Å²) in [6.07, 6.45) is 0. The lowest BCUT2D eigenvalue weighted by molar-refractivity contribution is -0.548. The second-order valence-electron chi connectivity index (χ2n) is 5.80. The number of nitrogens with zero attached hydrogens (tertiary/aromatic N) is 2. The summed E-state index contributed by atoms with van der Waals surface area (Å²) in [5.74, 6) is 0.802. The smallest absolute Gasteiger partial charge is 0.494 e. The summed E-state index contributed by atoms with van der Waals surface area (Å²) in [5, 5.41) is 2.97. The number of rotatable bonds is 4. The van der Waals surface area contributed by atoms with Crippen molar-refractivity contribution in [3.8, 4) is 5.75 Å². The monoisotopic (exact) mass is 350 g/mol. The Hall–Kier alpha value is -3.48. The van der Waals surface area contributed by atoms with Gasteiger partial charge in [-0.25, -0.2) is 9.78 Å². The van der Waals surface area contributed by atoms with Crippen molar-refractivity contribution in [3.05, 3.63) is 54.2 Å². The number of aromatic amines is 1. The summed E-state index contributed by atoms with van der Waals surface area (Å²) in [7, 11) is 1.71. The average molecular weight is 350 g/mol. The first-order chi connectivity index (χ1) is 12.7. The first kappa shape index (κ1) is 16.0. The van der Waals surface area contributed by atoms with E-state index >= 15 is 0 Å². The number of aromatic nitrogens is 2. The van der Waals surface area contributed by atoms with Crippen molar-refractivity contribution < 1.29 is 23.9 Å². The molecule has 3 aromatic rings. The molecule has 4 rings (SSSR count). The Morgan fingerprint density at radius 2 is 1.85 bits per heavy atom. The number of para-hydroxylation sites is 2. The lowest BCUT2D eigenvalue weighted by Crippen LogP contribution is -2.48. The van der Waals surface area contributed by atoms with Crippen LogP contribution in [0, 0.1) is 0 Å². The number of imide groups is 1. The maximum atomic E-state index is 13.1. The highest BCUT2D eigenvalue weighted by Gasteiger charge is 2.52. The van der Waals surface area contributed by atoms with Gasteiger partial charge in [-0.15, -0.1) is 9.47 Å². The van der Waals surface area contributed by atoms with Crippen LogP contribution in [0.2, 0.25) is 0 Å². The van der Waals surface area contributed by atoms with Crippen molar-refractivity contribution in [2.75, 3.05) is 23.9 Å². The molecule has 7 heteroatoms. The van der Waals surface area contributed by atoms with Gasteiger partial charge in [-0.05, 0) is 43.3 Å². The molecule has 0 spiro atoms. The van der Waals surface area contributed by atoms with E-state index in [2.05, 4.69) is 10.3 Å². The number of carbonyl (C=O) groups is 2. The molecule has 2 aromatic carbocycles. The molecule has 130 valence electrons. The van der Waals surface area contributed by atoms with Crippen LogP contribution in [0.5, 0.6) is 5.75 Å². The highest BCUT2D eigenvalue weighted by atomic mass is 16.5. The van der Waals surface area contributed by atoms with E-state index in [0.717, 1.165) is 5.52 Å². The molecule has 2 amide bonds. The normalized spacial score (nSPS) is 13.2. The fourth-order valence-electron chi connectivity index (χ4n) is 3.16. The molecule has 1 aromatic heterocycles. The number of anilines is 2. The van der Waals surface area contributed by atoms with Crippen LogP contribution in [0.3, 0.4) is 0 Å². The van der Waals surface area contributed by atoms with E-state index in [1.54, 1.807) is 31.3 Å². The maximum Gasteiger partial charge on any atom is 0.512 e. The lowest BCUT2D eigenvalue weighted by Gasteiger charge is -2.06. The molecular weight excluding hydrogens is 332 g/mol. The molecular formula is C19H18N4O3+2. The minimum absolute atomic E-state index is 0.282. The summed E-state index contributed by atoms with van der Waals surface area (Å²) in [6.45, 7) is 2.45. The van der Waals surface area contributed by atoms with Gasteiger partial charge in [0, 0.05) is 0 Å². The third-order valence-corrected chi connectivity index (χ3v) is 4.31. The Morgan fingerprint density at radius 1 is 1.12 bits per heavy atom. The van der Waals surface area contributed by atoms with Crippen LogP contribution in [-0.4, -0.2) is 25.6 Å². The van der Waals surface area contributed by atoms with Crippen LogP contribution < -0.4 is 24.5 Å². The van der Waals surface area contributed by atoms with E-state index in [-0.39, 0.29) is 11.6 Å². The third kappa shape index (κ3) is 2.28. The van der Waals surface area contributed by atoms with E-state index < -0.39 is 6.03 Å². The maximum absolute atomic E-state index is 13.1. The Labute approximate surface area is 149 Å². The fraction of sp³-hybridized carbons (Fsp3) is 0.158.